The third-order valence-corrected chi connectivity index (χ3v) is 5.80. The number of rotatable bonds is 1. The summed E-state index contributed by atoms with van der Waals surface area (Å²) in [6, 6.07) is 15.7. The molecule has 0 saturated carbocycles. The molecule has 1 aliphatic rings. The van der Waals surface area contributed by atoms with E-state index in [0.717, 1.165) is 28.1 Å². The van der Waals surface area contributed by atoms with E-state index in [9.17, 15) is 0 Å². The molecule has 1 aliphatic heterocycles. The van der Waals surface area contributed by atoms with Crippen LogP contribution in [0.4, 0.5) is 11.4 Å². The molecule has 2 aromatic carbocycles. The Balaban J connectivity index is 1.87. The van der Waals surface area contributed by atoms with Gasteiger partial charge in [-0.15, -0.1) is 0 Å². The highest BCUT2D eigenvalue weighted by molar-refractivity contribution is 9.20. The summed E-state index contributed by atoms with van der Waals surface area (Å²) >= 11 is 7.29. The largest absolute Gasteiger partial charge is 0.358 e. The summed E-state index contributed by atoms with van der Waals surface area (Å²) in [4.78, 5) is 13.8. The van der Waals surface area contributed by atoms with Crippen molar-refractivity contribution in [2.24, 2.45) is 4.99 Å². The number of alkyl halides is 1. The van der Waals surface area contributed by atoms with Crippen molar-refractivity contribution >= 4 is 58.9 Å². The van der Waals surface area contributed by atoms with Gasteiger partial charge in [0, 0.05) is 0 Å². The van der Waals surface area contributed by atoms with E-state index in [2.05, 4.69) is 47.2 Å². The van der Waals surface area contributed by atoms with Crippen LogP contribution in [0.25, 0.3) is 11.0 Å². The van der Waals surface area contributed by atoms with E-state index in [0.29, 0.717) is 4.62 Å². The Morgan fingerprint density at radius 2 is 1.68 bits per heavy atom. The predicted molar refractivity (Wildman–Crippen MR) is 96.2 cm³/mol. The second-order valence-electron chi connectivity index (χ2n) is 4.95. The van der Waals surface area contributed by atoms with Crippen LogP contribution in [0.3, 0.4) is 0 Å². The third kappa shape index (κ3) is 2.14. The standard InChI is InChI=1S/C16H10Br2N4/c17-15-16(18,22-13-8-4-3-7-12(13)21-15)14-9-19-10-5-1-2-6-11(10)20-14/h1-9,22H. The molecule has 4 rings (SSSR count). The maximum absolute atomic E-state index is 4.71. The van der Waals surface area contributed by atoms with Gasteiger partial charge in [0.15, 0.2) is 4.45 Å². The van der Waals surface area contributed by atoms with Crippen LogP contribution in [0.15, 0.2) is 59.7 Å². The van der Waals surface area contributed by atoms with Crippen LogP contribution >= 0.6 is 31.9 Å². The minimum atomic E-state index is -0.724. The van der Waals surface area contributed by atoms with E-state index in [1.165, 1.54) is 0 Å². The Bertz CT molecular complexity index is 909. The molecule has 3 aromatic rings. The van der Waals surface area contributed by atoms with Crippen LogP contribution < -0.4 is 5.32 Å². The Labute approximate surface area is 144 Å². The van der Waals surface area contributed by atoms with Crippen molar-refractivity contribution in [1.82, 2.24) is 9.97 Å². The lowest BCUT2D eigenvalue weighted by molar-refractivity contribution is 0.914. The number of para-hydroxylation sites is 4. The molecule has 1 unspecified atom stereocenters. The van der Waals surface area contributed by atoms with Gasteiger partial charge in [0.25, 0.3) is 0 Å². The molecule has 4 nitrogen and oxygen atoms in total. The van der Waals surface area contributed by atoms with Gasteiger partial charge in [0.1, 0.15) is 10.3 Å². The lowest BCUT2D eigenvalue weighted by Crippen LogP contribution is -2.37. The van der Waals surface area contributed by atoms with Crippen molar-refractivity contribution in [2.75, 3.05) is 5.32 Å². The second kappa shape index (κ2) is 5.14. The monoisotopic (exact) mass is 416 g/mol. The highest BCUT2D eigenvalue weighted by Crippen LogP contribution is 2.43. The first kappa shape index (κ1) is 13.8. The molecule has 0 spiro atoms. The number of aromatic nitrogens is 2. The van der Waals surface area contributed by atoms with Crippen molar-refractivity contribution in [3.05, 3.63) is 60.4 Å². The quantitative estimate of drug-likeness (QED) is 0.460. The molecule has 1 atom stereocenters. The average molecular weight is 418 g/mol. The van der Waals surface area contributed by atoms with Gasteiger partial charge in [-0.1, -0.05) is 24.3 Å². The first-order chi connectivity index (χ1) is 10.7. The zero-order valence-electron chi connectivity index (χ0n) is 11.3. The predicted octanol–water partition coefficient (Wildman–Crippen LogP) is 4.73. The van der Waals surface area contributed by atoms with E-state index >= 15 is 0 Å². The van der Waals surface area contributed by atoms with Gasteiger partial charge in [-0.3, -0.25) is 4.98 Å². The van der Waals surface area contributed by atoms with E-state index in [-0.39, 0.29) is 0 Å². The molecule has 0 aliphatic carbocycles. The Kier molecular flexibility index (Phi) is 3.23. The first-order valence-corrected chi connectivity index (χ1v) is 8.28. The summed E-state index contributed by atoms with van der Waals surface area (Å²) in [6.45, 7) is 0. The molecule has 2 heterocycles. The Morgan fingerprint density at radius 1 is 0.955 bits per heavy atom. The second-order valence-corrected chi connectivity index (χ2v) is 6.89. The van der Waals surface area contributed by atoms with E-state index in [4.69, 9.17) is 4.98 Å². The van der Waals surface area contributed by atoms with Crippen molar-refractivity contribution in [2.45, 2.75) is 4.45 Å². The van der Waals surface area contributed by atoms with Crippen LogP contribution in [0.1, 0.15) is 5.69 Å². The van der Waals surface area contributed by atoms with Gasteiger partial charge in [0.2, 0.25) is 0 Å². The minimum Gasteiger partial charge on any atom is -0.358 e. The topological polar surface area (TPSA) is 50.2 Å². The number of anilines is 1. The van der Waals surface area contributed by atoms with Gasteiger partial charge >= 0.3 is 0 Å². The molecular formula is C16H10Br2N4. The van der Waals surface area contributed by atoms with Gasteiger partial charge < -0.3 is 5.32 Å². The number of aliphatic imine (C=N–C) groups is 1. The zero-order chi connectivity index (χ0) is 15.2. The maximum atomic E-state index is 4.71. The average Bonchev–Trinajstić information content (AvgIpc) is 2.55. The SMILES string of the molecule is BrC1=Nc2ccccc2NC1(Br)c1cnc2ccccc2n1. The fourth-order valence-electron chi connectivity index (χ4n) is 2.39. The molecule has 0 radical (unpaired) electrons. The smallest absolute Gasteiger partial charge is 0.187 e. The fourth-order valence-corrected chi connectivity index (χ4v) is 3.38. The van der Waals surface area contributed by atoms with Crippen molar-refractivity contribution < 1.29 is 0 Å². The summed E-state index contributed by atoms with van der Waals surface area (Å²) in [7, 11) is 0. The highest BCUT2D eigenvalue weighted by atomic mass is 79.9. The molecule has 0 fully saturated rings. The number of hydrogen-bond acceptors (Lipinski definition) is 4. The number of halogens is 2. The maximum Gasteiger partial charge on any atom is 0.187 e. The molecule has 6 heteroatoms. The number of nitrogens with zero attached hydrogens (tertiary/aromatic N) is 3. The third-order valence-electron chi connectivity index (χ3n) is 3.52. The molecule has 0 bridgehead atoms. The van der Waals surface area contributed by atoms with Crippen LogP contribution in [0.2, 0.25) is 0 Å². The molecule has 22 heavy (non-hydrogen) atoms. The van der Waals surface area contributed by atoms with Gasteiger partial charge in [0.05, 0.1) is 28.6 Å². The van der Waals surface area contributed by atoms with Crippen LogP contribution in [0, 0.1) is 0 Å². The summed E-state index contributed by atoms with van der Waals surface area (Å²) in [5.74, 6) is 0. The summed E-state index contributed by atoms with van der Waals surface area (Å²) in [6.07, 6.45) is 1.76. The summed E-state index contributed by atoms with van der Waals surface area (Å²) in [5.41, 5.74) is 4.29. The molecular weight excluding hydrogens is 408 g/mol. The van der Waals surface area contributed by atoms with E-state index in [1.807, 2.05) is 48.5 Å². The summed E-state index contributed by atoms with van der Waals surface area (Å²) < 4.78 is -0.0125. The van der Waals surface area contributed by atoms with Crippen LogP contribution in [-0.2, 0) is 4.45 Å². The molecule has 1 N–H and O–H groups in total. The molecule has 0 saturated heterocycles. The number of benzene rings is 2. The highest BCUT2D eigenvalue weighted by Gasteiger charge is 2.39. The number of nitrogens with one attached hydrogen (secondary N) is 1. The Hall–Kier alpha value is -1.79. The van der Waals surface area contributed by atoms with Crippen LogP contribution in [-0.4, -0.2) is 14.6 Å². The zero-order valence-corrected chi connectivity index (χ0v) is 14.5. The van der Waals surface area contributed by atoms with Gasteiger partial charge in [-0.05, 0) is 56.1 Å². The van der Waals surface area contributed by atoms with Crippen molar-refractivity contribution in [1.29, 1.82) is 0 Å². The van der Waals surface area contributed by atoms with E-state index in [1.54, 1.807) is 6.20 Å². The molecule has 1 aromatic heterocycles. The van der Waals surface area contributed by atoms with Crippen molar-refractivity contribution in [3.8, 4) is 0 Å². The molecule has 108 valence electrons. The van der Waals surface area contributed by atoms with E-state index < -0.39 is 4.45 Å². The number of hydrogen-bond donors (Lipinski definition) is 1. The lowest BCUT2D eigenvalue weighted by Gasteiger charge is -2.32. The van der Waals surface area contributed by atoms with Gasteiger partial charge in [-0.2, -0.15) is 0 Å². The minimum absolute atomic E-state index is 0.711. The summed E-state index contributed by atoms with van der Waals surface area (Å²) in [5, 5.41) is 3.44. The Morgan fingerprint density at radius 3 is 2.55 bits per heavy atom. The first-order valence-electron chi connectivity index (χ1n) is 6.70. The normalized spacial score (nSPS) is 20.2. The van der Waals surface area contributed by atoms with Crippen LogP contribution in [0.5, 0.6) is 0 Å². The lowest BCUT2D eigenvalue weighted by atomic mass is 10.1. The molecule has 0 amide bonds. The number of fused-ring (bicyclic) bond motifs is 2. The van der Waals surface area contributed by atoms with Crippen molar-refractivity contribution in [3.63, 3.8) is 0 Å². The fraction of sp³-hybridized carbons (Fsp3) is 0.0625. The van der Waals surface area contributed by atoms with Gasteiger partial charge in [-0.25, -0.2) is 9.98 Å².